The smallest absolute Gasteiger partial charge is 0.246 e. The van der Waals surface area contributed by atoms with Crippen LogP contribution in [0.4, 0.5) is 5.69 Å². The standard InChI is InChI=1S/C12H10Cl2N2O/c13-9-4-10(14)6-11(5-9)16-3-1-2-8(7-16)12(15)17/h1,3-7H,2H2,(H2,15,17). The van der Waals surface area contributed by atoms with Gasteiger partial charge in [0.2, 0.25) is 5.91 Å². The van der Waals surface area contributed by atoms with Gasteiger partial charge in [-0.15, -0.1) is 0 Å². The van der Waals surface area contributed by atoms with Gasteiger partial charge in [-0.25, -0.2) is 0 Å². The van der Waals surface area contributed by atoms with Gasteiger partial charge in [-0.2, -0.15) is 0 Å². The maximum atomic E-state index is 11.1. The average Bonchev–Trinajstić information content (AvgIpc) is 2.28. The minimum Gasteiger partial charge on any atom is -0.366 e. The number of anilines is 1. The molecule has 17 heavy (non-hydrogen) atoms. The lowest BCUT2D eigenvalue weighted by molar-refractivity contribution is -0.114. The van der Waals surface area contributed by atoms with E-state index in [0.717, 1.165) is 5.69 Å². The van der Waals surface area contributed by atoms with Crippen molar-refractivity contribution in [2.24, 2.45) is 5.73 Å². The molecule has 0 bridgehead atoms. The predicted octanol–water partition coefficient (Wildman–Crippen LogP) is 3.09. The van der Waals surface area contributed by atoms with E-state index in [4.69, 9.17) is 28.9 Å². The van der Waals surface area contributed by atoms with Gasteiger partial charge in [0.15, 0.2) is 0 Å². The predicted molar refractivity (Wildman–Crippen MR) is 70.0 cm³/mol. The van der Waals surface area contributed by atoms with Crippen LogP contribution in [0.25, 0.3) is 0 Å². The highest BCUT2D eigenvalue weighted by Gasteiger charge is 2.12. The van der Waals surface area contributed by atoms with Gasteiger partial charge in [-0.1, -0.05) is 29.3 Å². The van der Waals surface area contributed by atoms with Crippen molar-refractivity contribution in [2.75, 3.05) is 4.90 Å². The second-order valence-electron chi connectivity index (χ2n) is 3.64. The van der Waals surface area contributed by atoms with E-state index in [1.54, 1.807) is 29.3 Å². The summed E-state index contributed by atoms with van der Waals surface area (Å²) >= 11 is 11.8. The molecule has 0 aliphatic carbocycles. The van der Waals surface area contributed by atoms with E-state index in [1.807, 2.05) is 12.3 Å². The number of carbonyl (C=O) groups is 1. The molecule has 1 aromatic carbocycles. The molecular formula is C12H10Cl2N2O. The molecule has 1 heterocycles. The van der Waals surface area contributed by atoms with Crippen molar-refractivity contribution in [3.63, 3.8) is 0 Å². The minimum atomic E-state index is -0.424. The Morgan fingerprint density at radius 3 is 2.47 bits per heavy atom. The van der Waals surface area contributed by atoms with E-state index >= 15 is 0 Å². The van der Waals surface area contributed by atoms with E-state index in [-0.39, 0.29) is 0 Å². The van der Waals surface area contributed by atoms with Crippen molar-refractivity contribution in [3.05, 3.63) is 52.3 Å². The van der Waals surface area contributed by atoms with E-state index in [9.17, 15) is 4.79 Å². The van der Waals surface area contributed by atoms with Crippen molar-refractivity contribution in [1.82, 2.24) is 0 Å². The summed E-state index contributed by atoms with van der Waals surface area (Å²) < 4.78 is 0. The van der Waals surface area contributed by atoms with Gasteiger partial charge < -0.3 is 10.6 Å². The van der Waals surface area contributed by atoms with Gasteiger partial charge in [-0.05, 0) is 24.6 Å². The first-order chi connectivity index (χ1) is 8.06. The number of hydrogen-bond donors (Lipinski definition) is 1. The second kappa shape index (κ2) is 4.82. The quantitative estimate of drug-likeness (QED) is 0.896. The Labute approximate surface area is 109 Å². The maximum Gasteiger partial charge on any atom is 0.246 e. The summed E-state index contributed by atoms with van der Waals surface area (Å²) in [6, 6.07) is 5.18. The number of benzene rings is 1. The maximum absolute atomic E-state index is 11.1. The molecule has 5 heteroatoms. The Kier molecular flexibility index (Phi) is 3.41. The van der Waals surface area contributed by atoms with Crippen LogP contribution in [-0.4, -0.2) is 5.91 Å². The Hall–Kier alpha value is -1.45. The molecule has 1 aliphatic heterocycles. The number of rotatable bonds is 2. The fourth-order valence-corrected chi connectivity index (χ4v) is 2.08. The number of primary amides is 1. The summed E-state index contributed by atoms with van der Waals surface area (Å²) in [6.07, 6.45) is 5.92. The fraction of sp³-hybridized carbons (Fsp3) is 0.0833. The fourth-order valence-electron chi connectivity index (χ4n) is 1.57. The van der Waals surface area contributed by atoms with Gasteiger partial charge >= 0.3 is 0 Å². The van der Waals surface area contributed by atoms with E-state index in [1.165, 1.54) is 0 Å². The molecule has 0 atom stereocenters. The molecule has 0 spiro atoms. The third-order valence-electron chi connectivity index (χ3n) is 2.36. The first kappa shape index (κ1) is 12.0. The summed E-state index contributed by atoms with van der Waals surface area (Å²) in [4.78, 5) is 12.9. The third-order valence-corrected chi connectivity index (χ3v) is 2.80. The molecule has 2 rings (SSSR count). The summed E-state index contributed by atoms with van der Waals surface area (Å²) in [5, 5.41) is 1.08. The monoisotopic (exact) mass is 268 g/mol. The molecule has 0 fully saturated rings. The van der Waals surface area contributed by atoms with E-state index in [0.29, 0.717) is 22.0 Å². The van der Waals surface area contributed by atoms with Crippen LogP contribution in [0.3, 0.4) is 0 Å². The van der Waals surface area contributed by atoms with Crippen molar-refractivity contribution in [2.45, 2.75) is 6.42 Å². The number of amides is 1. The lowest BCUT2D eigenvalue weighted by atomic mass is 10.1. The first-order valence-electron chi connectivity index (χ1n) is 4.98. The van der Waals surface area contributed by atoms with E-state index in [2.05, 4.69) is 0 Å². The molecule has 0 saturated carbocycles. The number of hydrogen-bond acceptors (Lipinski definition) is 2. The van der Waals surface area contributed by atoms with Crippen LogP contribution in [0.5, 0.6) is 0 Å². The Bertz CT molecular complexity index is 503. The van der Waals surface area contributed by atoms with Crippen LogP contribution >= 0.6 is 23.2 Å². The molecule has 0 unspecified atom stereocenters. The molecule has 2 N–H and O–H groups in total. The highest BCUT2D eigenvalue weighted by atomic mass is 35.5. The molecule has 1 aliphatic rings. The number of carbonyl (C=O) groups excluding carboxylic acids is 1. The summed E-state index contributed by atoms with van der Waals surface area (Å²) in [7, 11) is 0. The minimum absolute atomic E-state index is 0.424. The Morgan fingerprint density at radius 2 is 1.88 bits per heavy atom. The van der Waals surface area contributed by atoms with Crippen molar-refractivity contribution >= 4 is 34.8 Å². The largest absolute Gasteiger partial charge is 0.366 e. The highest BCUT2D eigenvalue weighted by Crippen LogP contribution is 2.27. The van der Waals surface area contributed by atoms with Gasteiger partial charge in [0.25, 0.3) is 0 Å². The normalized spacial score (nSPS) is 14.7. The van der Waals surface area contributed by atoms with Crippen LogP contribution in [0.1, 0.15) is 6.42 Å². The van der Waals surface area contributed by atoms with Crippen LogP contribution in [0.2, 0.25) is 10.0 Å². The molecule has 0 aromatic heterocycles. The van der Waals surface area contributed by atoms with Crippen LogP contribution < -0.4 is 10.6 Å². The average molecular weight is 269 g/mol. The van der Waals surface area contributed by atoms with Crippen molar-refractivity contribution in [3.8, 4) is 0 Å². The highest BCUT2D eigenvalue weighted by molar-refractivity contribution is 6.35. The van der Waals surface area contributed by atoms with Crippen LogP contribution in [0.15, 0.2) is 42.2 Å². The molecule has 1 amide bonds. The summed E-state index contributed by atoms with van der Waals surface area (Å²) in [5.74, 6) is -0.424. The van der Waals surface area contributed by atoms with Crippen molar-refractivity contribution < 1.29 is 4.79 Å². The zero-order chi connectivity index (χ0) is 12.4. The molecule has 0 saturated heterocycles. The first-order valence-corrected chi connectivity index (χ1v) is 5.73. The van der Waals surface area contributed by atoms with Gasteiger partial charge in [0.1, 0.15) is 0 Å². The van der Waals surface area contributed by atoms with Crippen LogP contribution in [-0.2, 0) is 4.79 Å². The van der Waals surface area contributed by atoms with Gasteiger partial charge in [0.05, 0.1) is 0 Å². The number of nitrogens with zero attached hydrogens (tertiary/aromatic N) is 1. The lowest BCUT2D eigenvalue weighted by Gasteiger charge is -2.21. The zero-order valence-corrected chi connectivity index (χ0v) is 10.4. The lowest BCUT2D eigenvalue weighted by Crippen LogP contribution is -2.20. The number of halogens is 2. The Morgan fingerprint density at radius 1 is 1.24 bits per heavy atom. The van der Waals surface area contributed by atoms with E-state index < -0.39 is 5.91 Å². The topological polar surface area (TPSA) is 46.3 Å². The van der Waals surface area contributed by atoms with Gasteiger partial charge in [-0.3, -0.25) is 4.79 Å². The van der Waals surface area contributed by atoms with Gasteiger partial charge in [0, 0.05) is 33.7 Å². The summed E-state index contributed by atoms with van der Waals surface area (Å²) in [6.45, 7) is 0. The molecule has 88 valence electrons. The molecule has 1 aromatic rings. The SMILES string of the molecule is NC(=O)C1=CN(c2cc(Cl)cc(Cl)c2)C=CC1. The van der Waals surface area contributed by atoms with Crippen LogP contribution in [0, 0.1) is 0 Å². The molecule has 3 nitrogen and oxygen atoms in total. The zero-order valence-electron chi connectivity index (χ0n) is 8.86. The third kappa shape index (κ3) is 2.81. The second-order valence-corrected chi connectivity index (χ2v) is 4.52. The van der Waals surface area contributed by atoms with Crippen molar-refractivity contribution in [1.29, 1.82) is 0 Å². The molecule has 0 radical (unpaired) electrons. The number of nitrogens with two attached hydrogens (primary N) is 1. The number of allylic oxidation sites excluding steroid dienone is 1. The summed E-state index contributed by atoms with van der Waals surface area (Å²) in [5.41, 5.74) is 6.58. The Balaban J connectivity index is 2.36. The molecular weight excluding hydrogens is 259 g/mol.